The summed E-state index contributed by atoms with van der Waals surface area (Å²) in [7, 11) is -2.86. The van der Waals surface area contributed by atoms with E-state index in [4.69, 9.17) is 0 Å². The third-order valence-corrected chi connectivity index (χ3v) is 8.24. The standard InChI is InChI=1S/C17H23NO3S2/c19-16(11-22-15-7-10-23(20,21)12-15)18-13-17(8-4-9-17)14-5-2-1-3-6-14/h1-3,5-6,15H,4,7-13H2,(H,18,19)/t15-/m0/s1. The van der Waals surface area contributed by atoms with Gasteiger partial charge in [-0.25, -0.2) is 8.42 Å². The Morgan fingerprint density at radius 3 is 2.57 bits per heavy atom. The maximum atomic E-state index is 12.1. The average molecular weight is 354 g/mol. The van der Waals surface area contributed by atoms with Crippen molar-refractivity contribution in [1.29, 1.82) is 0 Å². The van der Waals surface area contributed by atoms with Crippen molar-refractivity contribution in [3.05, 3.63) is 35.9 Å². The molecular weight excluding hydrogens is 330 g/mol. The number of hydrogen-bond acceptors (Lipinski definition) is 4. The molecule has 1 amide bonds. The number of nitrogens with one attached hydrogen (secondary N) is 1. The quantitative estimate of drug-likeness (QED) is 0.851. The van der Waals surface area contributed by atoms with Crippen LogP contribution in [0.15, 0.2) is 30.3 Å². The SMILES string of the molecule is O=C(CS[C@H]1CCS(=O)(=O)C1)NCC1(c2ccccc2)CCC1. The minimum atomic E-state index is -2.86. The van der Waals surface area contributed by atoms with Gasteiger partial charge in [0.25, 0.3) is 0 Å². The van der Waals surface area contributed by atoms with Gasteiger partial charge in [-0.05, 0) is 24.8 Å². The van der Waals surface area contributed by atoms with Gasteiger partial charge in [0.05, 0.1) is 17.3 Å². The number of benzene rings is 1. The Kier molecular flexibility index (Phi) is 5.01. The van der Waals surface area contributed by atoms with E-state index in [0.29, 0.717) is 18.7 Å². The Morgan fingerprint density at radius 2 is 2.00 bits per heavy atom. The molecule has 0 spiro atoms. The van der Waals surface area contributed by atoms with Crippen LogP contribution in [0.3, 0.4) is 0 Å². The Morgan fingerprint density at radius 1 is 1.26 bits per heavy atom. The van der Waals surface area contributed by atoms with Crippen molar-refractivity contribution >= 4 is 27.5 Å². The number of thioether (sulfide) groups is 1. The smallest absolute Gasteiger partial charge is 0.230 e. The van der Waals surface area contributed by atoms with Gasteiger partial charge in [0, 0.05) is 17.2 Å². The molecule has 1 N–H and O–H groups in total. The fourth-order valence-corrected chi connectivity index (χ4v) is 6.84. The number of amides is 1. The van der Waals surface area contributed by atoms with Gasteiger partial charge < -0.3 is 5.32 Å². The van der Waals surface area contributed by atoms with E-state index in [1.54, 1.807) is 0 Å². The van der Waals surface area contributed by atoms with E-state index in [1.165, 1.54) is 23.7 Å². The van der Waals surface area contributed by atoms with Crippen molar-refractivity contribution in [3.8, 4) is 0 Å². The van der Waals surface area contributed by atoms with Crippen molar-refractivity contribution in [3.63, 3.8) is 0 Å². The highest BCUT2D eigenvalue weighted by Crippen LogP contribution is 2.43. The van der Waals surface area contributed by atoms with Gasteiger partial charge in [0.2, 0.25) is 5.91 Å². The van der Waals surface area contributed by atoms with E-state index < -0.39 is 9.84 Å². The summed E-state index contributed by atoms with van der Waals surface area (Å²) in [6, 6.07) is 10.4. The minimum Gasteiger partial charge on any atom is -0.354 e. The Hall–Kier alpha value is -1.01. The van der Waals surface area contributed by atoms with E-state index in [0.717, 1.165) is 12.8 Å². The summed E-state index contributed by atoms with van der Waals surface area (Å²) in [6.45, 7) is 0.680. The number of sulfone groups is 1. The number of hydrogen-bond donors (Lipinski definition) is 1. The van der Waals surface area contributed by atoms with Crippen LogP contribution in [0, 0.1) is 0 Å². The molecule has 1 aromatic carbocycles. The molecule has 0 aromatic heterocycles. The molecule has 2 fully saturated rings. The van der Waals surface area contributed by atoms with Gasteiger partial charge in [-0.2, -0.15) is 0 Å². The van der Waals surface area contributed by atoms with E-state index in [9.17, 15) is 13.2 Å². The second-order valence-electron chi connectivity index (χ2n) is 6.61. The average Bonchev–Trinajstić information content (AvgIpc) is 2.84. The predicted octanol–water partition coefficient (Wildman–Crippen LogP) is 2.14. The van der Waals surface area contributed by atoms with Gasteiger partial charge >= 0.3 is 0 Å². The van der Waals surface area contributed by atoms with Crippen molar-refractivity contribution in [2.45, 2.75) is 36.3 Å². The molecular formula is C17H23NO3S2. The molecule has 0 bridgehead atoms. The third-order valence-electron chi connectivity index (χ3n) is 4.96. The molecule has 1 atom stereocenters. The number of rotatable bonds is 6. The van der Waals surface area contributed by atoms with Gasteiger partial charge in [-0.3, -0.25) is 4.79 Å². The topological polar surface area (TPSA) is 63.2 Å². The van der Waals surface area contributed by atoms with Crippen LogP contribution < -0.4 is 5.32 Å². The Bertz CT molecular complexity index is 654. The van der Waals surface area contributed by atoms with Crippen LogP contribution in [-0.4, -0.2) is 43.4 Å². The summed E-state index contributed by atoms with van der Waals surface area (Å²) in [6.07, 6.45) is 4.12. The van der Waals surface area contributed by atoms with Gasteiger partial charge in [0.1, 0.15) is 0 Å². The van der Waals surface area contributed by atoms with Crippen LogP contribution in [0.2, 0.25) is 0 Å². The van der Waals surface area contributed by atoms with Gasteiger partial charge in [-0.15, -0.1) is 11.8 Å². The van der Waals surface area contributed by atoms with Crippen LogP contribution in [0.25, 0.3) is 0 Å². The fourth-order valence-electron chi connectivity index (χ4n) is 3.37. The summed E-state index contributed by atoms with van der Waals surface area (Å²) in [4.78, 5) is 12.1. The van der Waals surface area contributed by atoms with Crippen LogP contribution in [0.1, 0.15) is 31.2 Å². The molecule has 126 valence electrons. The maximum absolute atomic E-state index is 12.1. The zero-order valence-corrected chi connectivity index (χ0v) is 14.8. The zero-order chi connectivity index (χ0) is 16.3. The number of carbonyl (C=O) groups is 1. The fraction of sp³-hybridized carbons (Fsp3) is 0.588. The predicted molar refractivity (Wildman–Crippen MR) is 94.5 cm³/mol. The third kappa shape index (κ3) is 4.10. The van der Waals surface area contributed by atoms with Gasteiger partial charge in [0.15, 0.2) is 9.84 Å². The van der Waals surface area contributed by atoms with E-state index in [1.807, 2.05) is 18.2 Å². The molecule has 1 aliphatic heterocycles. The molecule has 2 aliphatic rings. The van der Waals surface area contributed by atoms with Crippen LogP contribution >= 0.6 is 11.8 Å². The highest BCUT2D eigenvalue weighted by Gasteiger charge is 2.38. The molecule has 23 heavy (non-hydrogen) atoms. The molecule has 1 saturated heterocycles. The Balaban J connectivity index is 1.47. The first kappa shape index (κ1) is 16.8. The summed E-state index contributed by atoms with van der Waals surface area (Å²) in [5.74, 6) is 0.856. The van der Waals surface area contributed by atoms with Crippen molar-refractivity contribution < 1.29 is 13.2 Å². The molecule has 1 aliphatic carbocycles. The van der Waals surface area contributed by atoms with Gasteiger partial charge in [-0.1, -0.05) is 36.8 Å². The normalized spacial score (nSPS) is 24.8. The van der Waals surface area contributed by atoms with Crippen molar-refractivity contribution in [2.75, 3.05) is 23.8 Å². The zero-order valence-electron chi connectivity index (χ0n) is 13.2. The van der Waals surface area contributed by atoms with E-state index in [-0.39, 0.29) is 28.1 Å². The summed E-state index contributed by atoms with van der Waals surface area (Å²) in [5.41, 5.74) is 1.40. The summed E-state index contributed by atoms with van der Waals surface area (Å²) >= 11 is 1.48. The molecule has 6 heteroatoms. The summed E-state index contributed by atoms with van der Waals surface area (Å²) in [5, 5.41) is 3.14. The molecule has 3 rings (SSSR count). The van der Waals surface area contributed by atoms with Crippen molar-refractivity contribution in [1.82, 2.24) is 5.32 Å². The Labute approximate surface area is 142 Å². The van der Waals surface area contributed by atoms with Crippen LogP contribution in [0.4, 0.5) is 0 Å². The lowest BCUT2D eigenvalue weighted by Gasteiger charge is -2.42. The first-order valence-electron chi connectivity index (χ1n) is 8.13. The molecule has 0 radical (unpaired) electrons. The minimum absolute atomic E-state index is 0.0153. The maximum Gasteiger partial charge on any atom is 0.230 e. The summed E-state index contributed by atoms with van der Waals surface area (Å²) < 4.78 is 22.9. The lowest BCUT2D eigenvalue weighted by molar-refractivity contribution is -0.119. The second kappa shape index (κ2) is 6.85. The van der Waals surface area contributed by atoms with E-state index in [2.05, 4.69) is 17.4 Å². The molecule has 0 unspecified atom stereocenters. The molecule has 4 nitrogen and oxygen atoms in total. The molecule has 1 aromatic rings. The second-order valence-corrected chi connectivity index (χ2v) is 10.1. The molecule has 1 saturated carbocycles. The molecule has 1 heterocycles. The van der Waals surface area contributed by atoms with Crippen LogP contribution in [-0.2, 0) is 20.0 Å². The lowest BCUT2D eigenvalue weighted by atomic mass is 9.64. The van der Waals surface area contributed by atoms with Crippen molar-refractivity contribution in [2.24, 2.45) is 0 Å². The largest absolute Gasteiger partial charge is 0.354 e. The highest BCUT2D eigenvalue weighted by atomic mass is 32.2. The first-order chi connectivity index (χ1) is 11.0. The van der Waals surface area contributed by atoms with E-state index >= 15 is 0 Å². The lowest BCUT2D eigenvalue weighted by Crippen LogP contribution is -2.46. The monoisotopic (exact) mass is 353 g/mol. The first-order valence-corrected chi connectivity index (χ1v) is 11.0. The number of carbonyl (C=O) groups excluding carboxylic acids is 1. The van der Waals surface area contributed by atoms with Crippen LogP contribution in [0.5, 0.6) is 0 Å². The highest BCUT2D eigenvalue weighted by molar-refractivity contribution is 8.02.